The number of piperidine rings is 1. The van der Waals surface area contributed by atoms with Crippen LogP contribution in [-0.2, 0) is 13.0 Å². The summed E-state index contributed by atoms with van der Waals surface area (Å²) in [6.07, 6.45) is 6.44. The normalized spacial score (nSPS) is 16.8. The molecule has 0 N–H and O–H groups in total. The van der Waals surface area contributed by atoms with Crippen LogP contribution in [0.2, 0.25) is 0 Å². The van der Waals surface area contributed by atoms with Crippen LogP contribution in [0.25, 0.3) is 0 Å². The molecule has 0 aromatic carbocycles. The Hall–Kier alpha value is -1.95. The van der Waals surface area contributed by atoms with E-state index >= 15 is 0 Å². The van der Waals surface area contributed by atoms with Crippen molar-refractivity contribution in [1.29, 1.82) is 0 Å². The number of hydrogen-bond donors (Lipinski definition) is 0. The number of likely N-dealkylation sites (tertiary alicyclic amines) is 1. The molecule has 0 aliphatic carbocycles. The van der Waals surface area contributed by atoms with E-state index in [1.807, 2.05) is 19.9 Å². The third-order valence-corrected chi connectivity index (χ3v) is 4.59. The smallest absolute Gasteiger partial charge is 0.256 e. The minimum Gasteiger partial charge on any atom is -0.361 e. The molecule has 6 nitrogen and oxygen atoms in total. The zero-order valence-electron chi connectivity index (χ0n) is 13.9. The van der Waals surface area contributed by atoms with Gasteiger partial charge in [-0.1, -0.05) is 5.16 Å². The number of rotatable bonds is 5. The minimum absolute atomic E-state index is 0.0862. The lowest BCUT2D eigenvalue weighted by molar-refractivity contribution is 0.171. The van der Waals surface area contributed by atoms with Gasteiger partial charge in [-0.15, -0.1) is 0 Å². The zero-order chi connectivity index (χ0) is 16.2. The molecular weight excluding hydrogens is 292 g/mol. The Morgan fingerprint density at radius 2 is 2.09 bits per heavy atom. The maximum absolute atomic E-state index is 12.1. The van der Waals surface area contributed by atoms with Crippen molar-refractivity contribution in [2.24, 2.45) is 5.92 Å². The van der Waals surface area contributed by atoms with Gasteiger partial charge in [0, 0.05) is 37.3 Å². The largest absolute Gasteiger partial charge is 0.361 e. The van der Waals surface area contributed by atoms with E-state index in [-0.39, 0.29) is 5.56 Å². The van der Waals surface area contributed by atoms with E-state index in [1.54, 1.807) is 17.1 Å². The lowest BCUT2D eigenvalue weighted by Crippen LogP contribution is -2.37. The van der Waals surface area contributed by atoms with Gasteiger partial charge in [-0.05, 0) is 45.7 Å². The maximum Gasteiger partial charge on any atom is 0.256 e. The van der Waals surface area contributed by atoms with Crippen LogP contribution in [0, 0.1) is 19.8 Å². The molecule has 3 rings (SSSR count). The van der Waals surface area contributed by atoms with E-state index in [0.29, 0.717) is 11.5 Å². The molecule has 2 aromatic rings. The molecule has 0 radical (unpaired) electrons. The van der Waals surface area contributed by atoms with Gasteiger partial charge in [0.1, 0.15) is 5.76 Å². The van der Waals surface area contributed by atoms with Crippen LogP contribution >= 0.6 is 0 Å². The summed E-state index contributed by atoms with van der Waals surface area (Å²) in [6, 6.07) is 2.00. The van der Waals surface area contributed by atoms with Crippen molar-refractivity contribution in [3.8, 4) is 0 Å². The number of aryl methyl sites for hydroxylation is 2. The third-order valence-electron chi connectivity index (χ3n) is 4.59. The highest BCUT2D eigenvalue weighted by Crippen LogP contribution is 2.19. The molecule has 23 heavy (non-hydrogen) atoms. The summed E-state index contributed by atoms with van der Waals surface area (Å²) in [6.45, 7) is 7.70. The highest BCUT2D eigenvalue weighted by atomic mass is 16.5. The van der Waals surface area contributed by atoms with Crippen LogP contribution in [0.5, 0.6) is 0 Å². The fraction of sp³-hybridized carbons (Fsp3) is 0.588. The molecular formula is C17H24N4O2. The fourth-order valence-electron chi connectivity index (χ4n) is 3.16. The molecule has 0 bridgehead atoms. The van der Waals surface area contributed by atoms with Gasteiger partial charge in [0.2, 0.25) is 0 Å². The van der Waals surface area contributed by atoms with Crippen LogP contribution in [0.15, 0.2) is 27.9 Å². The monoisotopic (exact) mass is 316 g/mol. The van der Waals surface area contributed by atoms with Gasteiger partial charge in [-0.3, -0.25) is 9.36 Å². The lowest BCUT2D eigenvalue weighted by atomic mass is 9.96. The maximum atomic E-state index is 12.1. The van der Waals surface area contributed by atoms with Crippen molar-refractivity contribution in [3.63, 3.8) is 0 Å². The highest BCUT2D eigenvalue weighted by molar-refractivity contribution is 5.03. The molecule has 1 fully saturated rings. The van der Waals surface area contributed by atoms with Crippen LogP contribution in [0.4, 0.5) is 0 Å². The van der Waals surface area contributed by atoms with E-state index in [4.69, 9.17) is 4.52 Å². The standard InChI is InChI=1S/C17H24N4O2/c1-13-10-18-12-21(17(13)22)11-15-3-6-20(7-4-15)8-5-16-9-14(2)19-23-16/h9-10,12,15H,3-8,11H2,1-2H3. The van der Waals surface area contributed by atoms with E-state index in [0.717, 1.165) is 56.9 Å². The quantitative estimate of drug-likeness (QED) is 0.841. The zero-order valence-corrected chi connectivity index (χ0v) is 13.9. The van der Waals surface area contributed by atoms with Gasteiger partial charge in [0.05, 0.1) is 12.0 Å². The fourth-order valence-corrected chi connectivity index (χ4v) is 3.16. The molecule has 2 aromatic heterocycles. The van der Waals surface area contributed by atoms with Crippen molar-refractivity contribution in [3.05, 3.63) is 46.0 Å². The molecule has 0 amide bonds. The molecule has 1 saturated heterocycles. The van der Waals surface area contributed by atoms with Crippen LogP contribution < -0.4 is 5.56 Å². The molecule has 0 unspecified atom stereocenters. The molecule has 0 saturated carbocycles. The highest BCUT2D eigenvalue weighted by Gasteiger charge is 2.20. The summed E-state index contributed by atoms with van der Waals surface area (Å²) in [4.78, 5) is 18.7. The second-order valence-corrected chi connectivity index (χ2v) is 6.50. The Kier molecular flexibility index (Phi) is 4.91. The summed E-state index contributed by atoms with van der Waals surface area (Å²) in [5, 5.41) is 3.92. The molecule has 0 spiro atoms. The van der Waals surface area contributed by atoms with Crippen LogP contribution in [0.1, 0.15) is 29.9 Å². The van der Waals surface area contributed by atoms with E-state index in [9.17, 15) is 4.79 Å². The Morgan fingerprint density at radius 1 is 1.30 bits per heavy atom. The van der Waals surface area contributed by atoms with Crippen molar-refractivity contribution in [2.45, 2.75) is 39.7 Å². The predicted molar refractivity (Wildman–Crippen MR) is 87.3 cm³/mol. The summed E-state index contributed by atoms with van der Waals surface area (Å²) in [5.41, 5.74) is 1.74. The van der Waals surface area contributed by atoms with Crippen molar-refractivity contribution in [2.75, 3.05) is 19.6 Å². The second kappa shape index (κ2) is 7.08. The average Bonchev–Trinajstić information content (AvgIpc) is 2.97. The Balaban J connectivity index is 1.46. The average molecular weight is 316 g/mol. The molecule has 0 atom stereocenters. The first-order valence-corrected chi connectivity index (χ1v) is 8.27. The first-order chi connectivity index (χ1) is 11.1. The SMILES string of the molecule is Cc1cc(CCN2CCC(Cn3cncc(C)c3=O)CC2)on1. The third kappa shape index (κ3) is 4.07. The van der Waals surface area contributed by atoms with E-state index in [1.165, 1.54) is 0 Å². The van der Waals surface area contributed by atoms with Crippen molar-refractivity contribution in [1.82, 2.24) is 19.6 Å². The van der Waals surface area contributed by atoms with Crippen LogP contribution in [-0.4, -0.2) is 39.2 Å². The molecule has 3 heterocycles. The Morgan fingerprint density at radius 3 is 2.78 bits per heavy atom. The minimum atomic E-state index is 0.0862. The number of aromatic nitrogens is 3. The van der Waals surface area contributed by atoms with Crippen LogP contribution in [0.3, 0.4) is 0 Å². The van der Waals surface area contributed by atoms with Gasteiger partial charge in [-0.2, -0.15) is 0 Å². The second-order valence-electron chi connectivity index (χ2n) is 6.50. The van der Waals surface area contributed by atoms with E-state index in [2.05, 4.69) is 15.0 Å². The van der Waals surface area contributed by atoms with Gasteiger partial charge >= 0.3 is 0 Å². The summed E-state index contributed by atoms with van der Waals surface area (Å²) < 4.78 is 7.02. The van der Waals surface area contributed by atoms with Gasteiger partial charge in [0.15, 0.2) is 0 Å². The molecule has 1 aliphatic rings. The number of hydrogen-bond acceptors (Lipinski definition) is 5. The Labute approximate surface area is 136 Å². The first kappa shape index (κ1) is 15.9. The van der Waals surface area contributed by atoms with Gasteiger partial charge in [-0.25, -0.2) is 4.98 Å². The lowest BCUT2D eigenvalue weighted by Gasteiger charge is -2.31. The topological polar surface area (TPSA) is 64.2 Å². The molecule has 1 aliphatic heterocycles. The first-order valence-electron chi connectivity index (χ1n) is 8.27. The summed E-state index contributed by atoms with van der Waals surface area (Å²) >= 11 is 0. The Bertz CT molecular complexity index is 699. The predicted octanol–water partition coefficient (Wildman–Crippen LogP) is 1.80. The van der Waals surface area contributed by atoms with E-state index < -0.39 is 0 Å². The van der Waals surface area contributed by atoms with Crippen molar-refractivity contribution < 1.29 is 4.52 Å². The summed E-state index contributed by atoms with van der Waals surface area (Å²) in [5.74, 6) is 1.52. The number of nitrogens with zero attached hydrogens (tertiary/aromatic N) is 4. The van der Waals surface area contributed by atoms with Gasteiger partial charge in [0.25, 0.3) is 5.56 Å². The molecule has 6 heteroatoms. The van der Waals surface area contributed by atoms with Gasteiger partial charge < -0.3 is 9.42 Å². The summed E-state index contributed by atoms with van der Waals surface area (Å²) in [7, 11) is 0. The van der Waals surface area contributed by atoms with Crippen molar-refractivity contribution >= 4 is 0 Å². The molecule has 124 valence electrons.